The molecule has 0 radical (unpaired) electrons. The van der Waals surface area contributed by atoms with Crippen molar-refractivity contribution >= 4 is 21.6 Å². The van der Waals surface area contributed by atoms with E-state index in [0.29, 0.717) is 5.75 Å². The van der Waals surface area contributed by atoms with Gasteiger partial charge in [0.1, 0.15) is 5.75 Å². The van der Waals surface area contributed by atoms with Gasteiger partial charge in [0.15, 0.2) is 0 Å². The van der Waals surface area contributed by atoms with Crippen LogP contribution in [0.5, 0.6) is 5.75 Å². The van der Waals surface area contributed by atoms with Crippen molar-refractivity contribution in [3.8, 4) is 16.9 Å². The van der Waals surface area contributed by atoms with Crippen LogP contribution in [0.3, 0.4) is 0 Å². The molecule has 0 amide bonds. The number of non-ortho nitro benzene ring substituents is 1. The Morgan fingerprint density at radius 3 is 2.68 bits per heavy atom. The van der Waals surface area contributed by atoms with Crippen LogP contribution in [0.1, 0.15) is 5.56 Å². The fraction of sp³-hybridized carbons (Fsp3) is 0.143. The summed E-state index contributed by atoms with van der Waals surface area (Å²) < 4.78 is 5.31. The second-order valence-corrected chi connectivity index (χ2v) is 4.54. The molecule has 19 heavy (non-hydrogen) atoms. The quantitative estimate of drug-likeness (QED) is 0.482. The summed E-state index contributed by atoms with van der Waals surface area (Å²) in [7, 11) is 1.59. The molecule has 0 N–H and O–H groups in total. The lowest BCUT2D eigenvalue weighted by Gasteiger charge is -2.10. The number of halogens is 1. The van der Waals surface area contributed by atoms with Gasteiger partial charge in [0.25, 0.3) is 5.69 Å². The van der Waals surface area contributed by atoms with E-state index in [4.69, 9.17) is 4.74 Å². The molecule has 5 heteroatoms. The third-order valence-electron chi connectivity index (χ3n) is 2.79. The molecular formula is C14H12BrNO3. The predicted octanol–water partition coefficient (Wildman–Crippen LogP) is 4.17. The molecule has 0 unspecified atom stereocenters. The Kier molecular flexibility index (Phi) is 4.16. The predicted molar refractivity (Wildman–Crippen MR) is 77.7 cm³/mol. The van der Waals surface area contributed by atoms with Gasteiger partial charge in [-0.15, -0.1) is 0 Å². The van der Waals surface area contributed by atoms with Crippen LogP contribution in [0, 0.1) is 10.1 Å². The summed E-state index contributed by atoms with van der Waals surface area (Å²) in [6.45, 7) is 0. The van der Waals surface area contributed by atoms with E-state index in [0.717, 1.165) is 22.0 Å². The van der Waals surface area contributed by atoms with Gasteiger partial charge in [0, 0.05) is 23.0 Å². The molecule has 0 heterocycles. The Morgan fingerprint density at radius 1 is 1.26 bits per heavy atom. The van der Waals surface area contributed by atoms with Gasteiger partial charge < -0.3 is 4.74 Å². The van der Waals surface area contributed by atoms with Gasteiger partial charge in [-0.1, -0.05) is 34.1 Å². The smallest absolute Gasteiger partial charge is 0.270 e. The minimum Gasteiger partial charge on any atom is -0.496 e. The maximum absolute atomic E-state index is 10.8. The molecular weight excluding hydrogens is 310 g/mol. The normalized spacial score (nSPS) is 10.2. The lowest BCUT2D eigenvalue weighted by Crippen LogP contribution is -1.92. The number of benzene rings is 2. The first-order valence-corrected chi connectivity index (χ1v) is 6.75. The topological polar surface area (TPSA) is 52.4 Å². The van der Waals surface area contributed by atoms with Crippen molar-refractivity contribution < 1.29 is 9.66 Å². The molecule has 0 aliphatic rings. The standard InChI is InChI=1S/C14H12BrNO3/c1-19-14-6-5-10(9-15)7-13(14)11-3-2-4-12(8-11)16(17)18/h2-8H,9H2,1H3. The molecule has 0 fully saturated rings. The average Bonchev–Trinajstić information content (AvgIpc) is 2.46. The molecule has 2 aromatic rings. The first-order valence-electron chi connectivity index (χ1n) is 5.63. The first kappa shape index (κ1) is 13.5. The van der Waals surface area contributed by atoms with Crippen LogP contribution in [0.25, 0.3) is 11.1 Å². The largest absolute Gasteiger partial charge is 0.496 e. The number of alkyl halides is 1. The SMILES string of the molecule is COc1ccc(CBr)cc1-c1cccc([N+](=O)[O-])c1. The van der Waals surface area contributed by atoms with Crippen molar-refractivity contribution in [2.75, 3.05) is 7.11 Å². The van der Waals surface area contributed by atoms with Crippen molar-refractivity contribution in [3.63, 3.8) is 0 Å². The molecule has 4 nitrogen and oxygen atoms in total. The summed E-state index contributed by atoms with van der Waals surface area (Å²) in [5.74, 6) is 0.699. The summed E-state index contributed by atoms with van der Waals surface area (Å²) in [6, 6.07) is 12.3. The zero-order valence-electron chi connectivity index (χ0n) is 10.3. The summed E-state index contributed by atoms with van der Waals surface area (Å²) in [6.07, 6.45) is 0. The van der Waals surface area contributed by atoms with Gasteiger partial charge in [-0.25, -0.2) is 0 Å². The number of nitrogens with zero attached hydrogens (tertiary/aromatic N) is 1. The van der Waals surface area contributed by atoms with Crippen LogP contribution in [-0.4, -0.2) is 12.0 Å². The van der Waals surface area contributed by atoms with Gasteiger partial charge in [0.05, 0.1) is 12.0 Å². The van der Waals surface area contributed by atoms with Crippen molar-refractivity contribution in [1.82, 2.24) is 0 Å². The lowest BCUT2D eigenvalue weighted by atomic mass is 10.0. The Hall–Kier alpha value is -1.88. The maximum atomic E-state index is 10.8. The zero-order valence-corrected chi connectivity index (χ0v) is 11.9. The minimum atomic E-state index is -0.398. The highest BCUT2D eigenvalue weighted by Crippen LogP contribution is 2.33. The van der Waals surface area contributed by atoms with Crippen molar-refractivity contribution in [1.29, 1.82) is 0 Å². The Balaban J connectivity index is 2.56. The van der Waals surface area contributed by atoms with Gasteiger partial charge in [-0.3, -0.25) is 10.1 Å². The second kappa shape index (κ2) is 5.84. The van der Waals surface area contributed by atoms with E-state index in [1.54, 1.807) is 19.2 Å². The highest BCUT2D eigenvalue weighted by atomic mass is 79.9. The Bertz CT molecular complexity index is 613. The molecule has 98 valence electrons. The highest BCUT2D eigenvalue weighted by Gasteiger charge is 2.11. The van der Waals surface area contributed by atoms with Gasteiger partial charge in [-0.05, 0) is 23.3 Å². The van der Waals surface area contributed by atoms with Crippen LogP contribution in [-0.2, 0) is 5.33 Å². The highest BCUT2D eigenvalue weighted by molar-refractivity contribution is 9.08. The third kappa shape index (κ3) is 2.93. The van der Waals surface area contributed by atoms with E-state index in [2.05, 4.69) is 15.9 Å². The van der Waals surface area contributed by atoms with Crippen molar-refractivity contribution in [2.45, 2.75) is 5.33 Å². The van der Waals surface area contributed by atoms with E-state index < -0.39 is 4.92 Å². The fourth-order valence-electron chi connectivity index (χ4n) is 1.85. The summed E-state index contributed by atoms with van der Waals surface area (Å²) >= 11 is 3.40. The van der Waals surface area contributed by atoms with Crippen LogP contribution in [0.15, 0.2) is 42.5 Å². The molecule has 2 rings (SSSR count). The fourth-order valence-corrected chi connectivity index (χ4v) is 2.20. The number of hydrogen-bond donors (Lipinski definition) is 0. The minimum absolute atomic E-state index is 0.0730. The Labute approximate surface area is 119 Å². The van der Waals surface area contributed by atoms with Crippen LogP contribution < -0.4 is 4.74 Å². The number of nitro groups is 1. The molecule has 0 saturated heterocycles. The van der Waals surface area contributed by atoms with Gasteiger partial charge in [-0.2, -0.15) is 0 Å². The van der Waals surface area contributed by atoms with E-state index in [1.165, 1.54) is 6.07 Å². The molecule has 0 aliphatic heterocycles. The molecule has 0 bridgehead atoms. The van der Waals surface area contributed by atoms with Crippen molar-refractivity contribution in [3.05, 3.63) is 58.1 Å². The number of nitro benzene ring substituents is 1. The lowest BCUT2D eigenvalue weighted by molar-refractivity contribution is -0.384. The molecule has 0 spiro atoms. The van der Waals surface area contributed by atoms with E-state index in [1.807, 2.05) is 24.3 Å². The van der Waals surface area contributed by atoms with Crippen molar-refractivity contribution in [2.24, 2.45) is 0 Å². The van der Waals surface area contributed by atoms with Crippen LogP contribution in [0.2, 0.25) is 0 Å². The van der Waals surface area contributed by atoms with Crippen LogP contribution >= 0.6 is 15.9 Å². The van der Waals surface area contributed by atoms with E-state index in [9.17, 15) is 10.1 Å². The monoisotopic (exact) mass is 321 g/mol. The second-order valence-electron chi connectivity index (χ2n) is 3.98. The molecule has 0 aromatic heterocycles. The number of methoxy groups -OCH3 is 1. The third-order valence-corrected chi connectivity index (χ3v) is 3.43. The Morgan fingerprint density at radius 2 is 2.05 bits per heavy atom. The van der Waals surface area contributed by atoms with Gasteiger partial charge >= 0.3 is 0 Å². The molecule has 0 aliphatic carbocycles. The summed E-state index contributed by atoms with van der Waals surface area (Å²) in [5.41, 5.74) is 2.78. The van der Waals surface area contributed by atoms with Crippen LogP contribution in [0.4, 0.5) is 5.69 Å². The molecule has 0 atom stereocenters. The molecule has 0 saturated carbocycles. The van der Waals surface area contributed by atoms with Gasteiger partial charge in [0.2, 0.25) is 0 Å². The maximum Gasteiger partial charge on any atom is 0.270 e. The summed E-state index contributed by atoms with van der Waals surface area (Å²) in [4.78, 5) is 10.4. The first-order chi connectivity index (χ1) is 9.15. The number of ether oxygens (including phenoxy) is 1. The number of hydrogen-bond acceptors (Lipinski definition) is 3. The number of rotatable bonds is 4. The molecule has 2 aromatic carbocycles. The van der Waals surface area contributed by atoms with E-state index in [-0.39, 0.29) is 5.69 Å². The average molecular weight is 322 g/mol. The van der Waals surface area contributed by atoms with E-state index >= 15 is 0 Å². The summed E-state index contributed by atoms with van der Waals surface area (Å²) in [5, 5.41) is 11.6. The zero-order chi connectivity index (χ0) is 13.8.